The second kappa shape index (κ2) is 10.8. The van der Waals surface area contributed by atoms with E-state index < -0.39 is 11.9 Å². The number of rotatable bonds is 5. The number of imide groups is 1. The van der Waals surface area contributed by atoms with E-state index in [2.05, 4.69) is 5.32 Å². The average molecular weight is 558 g/mol. The zero-order valence-electron chi connectivity index (χ0n) is 21.8. The number of nitrogens with zero attached hydrogens (tertiary/aromatic N) is 2. The lowest BCUT2D eigenvalue weighted by Gasteiger charge is -2.32. The summed E-state index contributed by atoms with van der Waals surface area (Å²) in [6.07, 6.45) is 1.87. The summed E-state index contributed by atoms with van der Waals surface area (Å²) in [5, 5.41) is 2.97. The normalized spacial score (nSPS) is 19.4. The van der Waals surface area contributed by atoms with Crippen molar-refractivity contribution in [2.45, 2.75) is 44.4 Å². The van der Waals surface area contributed by atoms with E-state index in [1.807, 2.05) is 59.5 Å². The van der Waals surface area contributed by atoms with Crippen molar-refractivity contribution in [1.29, 1.82) is 0 Å². The molecular weight excluding hydrogens is 530 g/mol. The number of carbonyl (C=O) groups excluding carboxylic acids is 4. The van der Waals surface area contributed by atoms with Gasteiger partial charge in [-0.2, -0.15) is 0 Å². The van der Waals surface area contributed by atoms with Crippen molar-refractivity contribution in [2.75, 3.05) is 13.1 Å². The van der Waals surface area contributed by atoms with Crippen LogP contribution in [0.1, 0.15) is 52.0 Å². The van der Waals surface area contributed by atoms with E-state index >= 15 is 0 Å². The molecule has 1 unspecified atom stereocenters. The van der Waals surface area contributed by atoms with Crippen molar-refractivity contribution in [3.8, 4) is 16.9 Å². The van der Waals surface area contributed by atoms with Gasteiger partial charge in [0.05, 0.1) is 0 Å². The number of hydrogen-bond acceptors (Lipinski definition) is 5. The summed E-state index contributed by atoms with van der Waals surface area (Å²) in [5.41, 5.74) is 3.84. The van der Waals surface area contributed by atoms with Gasteiger partial charge in [0.2, 0.25) is 11.8 Å². The summed E-state index contributed by atoms with van der Waals surface area (Å²) < 4.78 is 6.27. The van der Waals surface area contributed by atoms with Gasteiger partial charge in [-0.25, -0.2) is 0 Å². The highest BCUT2D eigenvalue weighted by Gasteiger charge is 2.39. The molecule has 0 aliphatic carbocycles. The molecule has 0 bridgehead atoms. The monoisotopic (exact) mass is 557 g/mol. The maximum Gasteiger partial charge on any atom is 0.255 e. The van der Waals surface area contributed by atoms with Gasteiger partial charge in [0.25, 0.3) is 11.8 Å². The van der Waals surface area contributed by atoms with Crippen molar-refractivity contribution in [3.05, 3.63) is 88.4 Å². The molecule has 40 heavy (non-hydrogen) atoms. The van der Waals surface area contributed by atoms with E-state index in [4.69, 9.17) is 16.3 Å². The number of hydrogen-bond donors (Lipinski definition) is 1. The minimum Gasteiger partial charge on any atom is -0.490 e. The lowest BCUT2D eigenvalue weighted by atomic mass is 9.98. The van der Waals surface area contributed by atoms with Gasteiger partial charge in [-0.05, 0) is 59.5 Å². The van der Waals surface area contributed by atoms with Crippen LogP contribution in [0, 0.1) is 0 Å². The van der Waals surface area contributed by atoms with Gasteiger partial charge < -0.3 is 14.5 Å². The van der Waals surface area contributed by atoms with Crippen LogP contribution in [0.3, 0.4) is 0 Å². The maximum atomic E-state index is 13.5. The molecule has 8 nitrogen and oxygen atoms in total. The van der Waals surface area contributed by atoms with Crippen LogP contribution in [-0.2, 0) is 16.1 Å². The molecular formula is C31H28ClN3O5. The molecule has 204 valence electrons. The minimum absolute atomic E-state index is 0.00594. The molecule has 3 aliphatic heterocycles. The fourth-order valence-electron chi connectivity index (χ4n) is 5.71. The Morgan fingerprint density at radius 3 is 2.40 bits per heavy atom. The van der Waals surface area contributed by atoms with E-state index in [1.54, 1.807) is 12.1 Å². The minimum atomic E-state index is -0.645. The van der Waals surface area contributed by atoms with Gasteiger partial charge in [0.1, 0.15) is 17.9 Å². The molecule has 2 saturated heterocycles. The highest BCUT2D eigenvalue weighted by molar-refractivity contribution is 6.30. The lowest BCUT2D eigenvalue weighted by molar-refractivity contribution is -0.136. The third-order valence-electron chi connectivity index (χ3n) is 7.84. The van der Waals surface area contributed by atoms with Crippen molar-refractivity contribution >= 4 is 35.2 Å². The second-order valence-corrected chi connectivity index (χ2v) is 10.8. The molecule has 1 N–H and O–H groups in total. The Morgan fingerprint density at radius 2 is 1.65 bits per heavy atom. The van der Waals surface area contributed by atoms with Gasteiger partial charge in [-0.1, -0.05) is 41.9 Å². The molecule has 2 fully saturated rings. The fourth-order valence-corrected chi connectivity index (χ4v) is 5.84. The maximum absolute atomic E-state index is 13.5. The van der Waals surface area contributed by atoms with E-state index in [0.717, 1.165) is 16.7 Å². The van der Waals surface area contributed by atoms with Crippen LogP contribution in [0.5, 0.6) is 5.75 Å². The Hall–Kier alpha value is -4.17. The van der Waals surface area contributed by atoms with Crippen LogP contribution >= 0.6 is 11.6 Å². The first-order valence-electron chi connectivity index (χ1n) is 13.5. The molecule has 0 spiro atoms. The Balaban J connectivity index is 1.08. The molecule has 0 radical (unpaired) electrons. The van der Waals surface area contributed by atoms with Crippen LogP contribution in [0.15, 0.2) is 66.7 Å². The SMILES string of the molecule is O=C1CCC(N2Cc3cc(OC4CCN(C(=O)c5ccccc5-c5ccc(Cl)cc5)CC4)ccc3C2=O)C(=O)N1. The Bertz CT molecular complexity index is 1500. The first-order valence-corrected chi connectivity index (χ1v) is 13.8. The summed E-state index contributed by atoms with van der Waals surface area (Å²) in [4.78, 5) is 53.6. The van der Waals surface area contributed by atoms with Crippen molar-refractivity contribution in [2.24, 2.45) is 0 Å². The number of carbonyl (C=O) groups is 4. The average Bonchev–Trinajstić information content (AvgIpc) is 3.28. The quantitative estimate of drug-likeness (QED) is 0.468. The highest BCUT2D eigenvalue weighted by atomic mass is 35.5. The number of halogens is 1. The van der Waals surface area contributed by atoms with Crippen molar-refractivity contribution in [1.82, 2.24) is 15.1 Å². The summed E-state index contributed by atoms with van der Waals surface area (Å²) in [7, 11) is 0. The van der Waals surface area contributed by atoms with Crippen molar-refractivity contribution in [3.63, 3.8) is 0 Å². The van der Waals surface area contributed by atoms with Gasteiger partial charge in [-0.3, -0.25) is 24.5 Å². The molecule has 0 saturated carbocycles. The first-order chi connectivity index (χ1) is 19.4. The van der Waals surface area contributed by atoms with Crippen LogP contribution < -0.4 is 10.1 Å². The molecule has 3 aliphatic rings. The van der Waals surface area contributed by atoms with Gasteiger partial charge in [0.15, 0.2) is 0 Å². The largest absolute Gasteiger partial charge is 0.490 e. The molecule has 3 aromatic rings. The third kappa shape index (κ3) is 5.07. The van der Waals surface area contributed by atoms with E-state index in [9.17, 15) is 19.2 Å². The van der Waals surface area contributed by atoms with Gasteiger partial charge in [0, 0.05) is 55.0 Å². The number of likely N-dealkylation sites (tertiary alicyclic amines) is 1. The predicted octanol–water partition coefficient (Wildman–Crippen LogP) is 4.45. The smallest absolute Gasteiger partial charge is 0.255 e. The van der Waals surface area contributed by atoms with Crippen LogP contribution in [0.4, 0.5) is 0 Å². The predicted molar refractivity (Wildman–Crippen MR) is 149 cm³/mol. The lowest BCUT2D eigenvalue weighted by Crippen LogP contribution is -2.52. The molecule has 0 aromatic heterocycles. The molecule has 9 heteroatoms. The van der Waals surface area contributed by atoms with Crippen molar-refractivity contribution < 1.29 is 23.9 Å². The first kappa shape index (κ1) is 26.1. The summed E-state index contributed by atoms with van der Waals surface area (Å²) >= 11 is 6.05. The van der Waals surface area contributed by atoms with Crippen LogP contribution in [0.25, 0.3) is 11.1 Å². The van der Waals surface area contributed by atoms with Gasteiger partial charge >= 0.3 is 0 Å². The summed E-state index contributed by atoms with van der Waals surface area (Å²) in [6, 6.07) is 19.8. The Kier molecular flexibility index (Phi) is 7.02. The number of amides is 4. The van der Waals surface area contributed by atoms with E-state index in [1.165, 1.54) is 4.90 Å². The Labute approximate surface area is 236 Å². The van der Waals surface area contributed by atoms with Crippen LogP contribution in [-0.4, -0.2) is 58.7 Å². The Morgan fingerprint density at radius 1 is 0.900 bits per heavy atom. The zero-order valence-corrected chi connectivity index (χ0v) is 22.5. The summed E-state index contributed by atoms with van der Waals surface area (Å²) in [6.45, 7) is 1.45. The standard InChI is InChI=1S/C31H28ClN3O5/c32-21-7-5-19(6-8-21)24-3-1-2-4-26(24)30(38)34-15-13-22(14-16-34)40-23-9-10-25-20(17-23)18-35(31(25)39)27-11-12-28(36)33-29(27)37/h1-10,17,22,27H,11-16,18H2,(H,33,36,37). The van der Waals surface area contributed by atoms with E-state index in [-0.39, 0.29) is 30.2 Å². The van der Waals surface area contributed by atoms with Crippen LogP contribution in [0.2, 0.25) is 5.02 Å². The summed E-state index contributed by atoms with van der Waals surface area (Å²) in [5.74, 6) is -0.282. The topological polar surface area (TPSA) is 96.0 Å². The number of benzene rings is 3. The third-order valence-corrected chi connectivity index (χ3v) is 8.09. The highest BCUT2D eigenvalue weighted by Crippen LogP contribution is 2.32. The number of fused-ring (bicyclic) bond motifs is 1. The van der Waals surface area contributed by atoms with Gasteiger partial charge in [-0.15, -0.1) is 0 Å². The van der Waals surface area contributed by atoms with E-state index in [0.29, 0.717) is 60.8 Å². The molecule has 6 rings (SSSR count). The fraction of sp³-hybridized carbons (Fsp3) is 0.290. The number of ether oxygens (including phenoxy) is 1. The number of nitrogens with one attached hydrogen (secondary N) is 1. The molecule has 3 heterocycles. The number of piperidine rings is 2. The zero-order chi connectivity index (χ0) is 27.8. The molecule has 4 amide bonds. The molecule has 3 aromatic carbocycles. The second-order valence-electron chi connectivity index (χ2n) is 10.4. The molecule has 1 atom stereocenters.